The molecule has 0 bridgehead atoms. The van der Waals surface area contributed by atoms with Gasteiger partial charge in [0.1, 0.15) is 0 Å². The number of aryl methyl sites for hydroxylation is 2. The van der Waals surface area contributed by atoms with Crippen LogP contribution in [0, 0.1) is 0 Å². The number of allylic oxidation sites excluding steroid dienone is 2. The molecule has 0 aliphatic carbocycles. The van der Waals surface area contributed by atoms with Gasteiger partial charge in [0.25, 0.3) is 0 Å². The second kappa shape index (κ2) is 14.9. The topological polar surface area (TPSA) is 25.3 Å². The van der Waals surface area contributed by atoms with Crippen LogP contribution in [0.4, 0.5) is 0 Å². The van der Waals surface area contributed by atoms with Gasteiger partial charge in [0.2, 0.25) is 11.4 Å². The van der Waals surface area contributed by atoms with Crippen molar-refractivity contribution in [1.29, 1.82) is 0 Å². The normalized spacial score (nSPS) is 13.8. The number of rotatable bonds is 16. The van der Waals surface area contributed by atoms with E-state index in [9.17, 15) is 5.53 Å². The zero-order chi connectivity index (χ0) is 25.8. The molecule has 3 rings (SSSR count). The third-order valence-electron chi connectivity index (χ3n) is 7.74. The van der Waals surface area contributed by atoms with Crippen molar-refractivity contribution in [3.05, 3.63) is 87.5 Å². The maximum absolute atomic E-state index is 11.4. The Bertz CT molecular complexity index is 973. The molecular weight excluding hydrogens is 436 g/mol. The van der Waals surface area contributed by atoms with Gasteiger partial charge >= 0.3 is 0 Å². The van der Waals surface area contributed by atoms with Crippen molar-refractivity contribution in [3.63, 3.8) is 0 Å². The highest BCUT2D eigenvalue weighted by atomic mass is 15.2. The Kier molecular flexibility index (Phi) is 11.7. The van der Waals surface area contributed by atoms with Crippen molar-refractivity contribution in [1.82, 2.24) is 0 Å². The minimum Gasteiger partial charge on any atom is -0.493 e. The third-order valence-corrected chi connectivity index (χ3v) is 7.74. The summed E-state index contributed by atoms with van der Waals surface area (Å²) < 4.78 is 1.44. The van der Waals surface area contributed by atoms with Crippen LogP contribution in [-0.4, -0.2) is 4.70 Å². The van der Waals surface area contributed by atoms with Gasteiger partial charge in [-0.3, -0.25) is 0 Å². The molecule has 0 unspecified atom stereocenters. The van der Waals surface area contributed by atoms with Crippen LogP contribution in [0.25, 0.3) is 16.9 Å². The van der Waals surface area contributed by atoms with Crippen LogP contribution in [0.5, 0.6) is 0 Å². The summed E-state index contributed by atoms with van der Waals surface area (Å²) in [5.41, 5.74) is 20.5. The van der Waals surface area contributed by atoms with Crippen molar-refractivity contribution >= 4 is 11.4 Å². The Balaban J connectivity index is 1.65. The number of nitrogens with zero attached hydrogens (tertiary/aromatic N) is 2. The predicted molar refractivity (Wildman–Crippen MR) is 156 cm³/mol. The fourth-order valence-electron chi connectivity index (χ4n) is 5.43. The molecule has 0 aromatic heterocycles. The fourth-order valence-corrected chi connectivity index (χ4v) is 5.43. The lowest BCUT2D eigenvalue weighted by molar-refractivity contribution is -0.345. The summed E-state index contributed by atoms with van der Waals surface area (Å²) >= 11 is 0. The molecule has 0 fully saturated rings. The molecule has 2 aromatic rings. The van der Waals surface area contributed by atoms with E-state index in [0.29, 0.717) is 0 Å². The fraction of sp³-hybridized carbons (Fsp3) is 0.529. The van der Waals surface area contributed by atoms with Gasteiger partial charge in [0, 0.05) is 22.3 Å². The van der Waals surface area contributed by atoms with Gasteiger partial charge in [-0.2, -0.15) is 0 Å². The molecule has 0 amide bonds. The molecule has 2 aromatic carbocycles. The SMILES string of the molecule is CCCCCCCCc1cccc(C2=C(C)C(C)=C(c3cccc(CCCCCCCC)c3)[N+]2=[N-])c1. The predicted octanol–water partition coefficient (Wildman–Crippen LogP) is 10.7. The van der Waals surface area contributed by atoms with Crippen molar-refractivity contribution in [3.8, 4) is 0 Å². The van der Waals surface area contributed by atoms with Crippen molar-refractivity contribution in [2.75, 3.05) is 0 Å². The second-order valence-corrected chi connectivity index (χ2v) is 10.7. The quantitative estimate of drug-likeness (QED) is 0.167. The van der Waals surface area contributed by atoms with Gasteiger partial charge < -0.3 is 5.53 Å². The molecule has 0 saturated carbocycles. The molecule has 0 spiro atoms. The molecule has 1 aliphatic heterocycles. The molecule has 0 radical (unpaired) electrons. The molecule has 2 nitrogen and oxygen atoms in total. The van der Waals surface area contributed by atoms with E-state index in [1.807, 2.05) is 0 Å². The molecule has 0 saturated heterocycles. The summed E-state index contributed by atoms with van der Waals surface area (Å²) in [6.07, 6.45) is 18.0. The molecule has 0 atom stereocenters. The summed E-state index contributed by atoms with van der Waals surface area (Å²) in [5, 5.41) is 0. The minimum absolute atomic E-state index is 0.925. The monoisotopic (exact) mass is 484 g/mol. The van der Waals surface area contributed by atoms with Crippen LogP contribution in [0.2, 0.25) is 0 Å². The van der Waals surface area contributed by atoms with E-state index in [1.54, 1.807) is 0 Å². The van der Waals surface area contributed by atoms with E-state index in [-0.39, 0.29) is 0 Å². The van der Waals surface area contributed by atoms with Crippen molar-refractivity contribution in [2.24, 2.45) is 0 Å². The maximum Gasteiger partial charge on any atom is 0.210 e. The number of hydrogen-bond donors (Lipinski definition) is 0. The van der Waals surface area contributed by atoms with E-state index in [1.165, 1.54) is 92.9 Å². The number of hydrogen-bond acceptors (Lipinski definition) is 0. The smallest absolute Gasteiger partial charge is 0.210 e. The summed E-state index contributed by atoms with van der Waals surface area (Å²) in [7, 11) is 0. The third kappa shape index (κ3) is 7.76. The Morgan fingerprint density at radius 2 is 0.944 bits per heavy atom. The van der Waals surface area contributed by atoms with Gasteiger partial charge in [0.15, 0.2) is 0 Å². The van der Waals surface area contributed by atoms with Crippen molar-refractivity contribution < 1.29 is 4.70 Å². The Labute approximate surface area is 221 Å². The summed E-state index contributed by atoms with van der Waals surface area (Å²) in [4.78, 5) is 0. The average molecular weight is 485 g/mol. The summed E-state index contributed by atoms with van der Waals surface area (Å²) in [6.45, 7) is 8.82. The van der Waals surface area contributed by atoms with E-state index >= 15 is 0 Å². The first-order valence-electron chi connectivity index (χ1n) is 14.7. The summed E-state index contributed by atoms with van der Waals surface area (Å²) in [5.74, 6) is 0. The Morgan fingerprint density at radius 1 is 0.556 bits per heavy atom. The van der Waals surface area contributed by atoms with Crippen LogP contribution in [0.1, 0.15) is 127 Å². The van der Waals surface area contributed by atoms with Gasteiger partial charge in [-0.1, -0.05) is 102 Å². The van der Waals surface area contributed by atoms with Gasteiger partial charge in [-0.15, -0.1) is 0 Å². The van der Waals surface area contributed by atoms with Crippen LogP contribution < -0.4 is 0 Å². The standard InChI is InChI=1S/C34H48N2/c1-5-7-9-11-13-15-19-29-21-17-23-31(25-29)33-27(3)28(4)34(36(33)35)32-24-18-22-30(26-32)20-16-14-12-10-8-6-2/h17-18,21-26H,5-16,19-20H2,1-4H3. The average Bonchev–Trinajstić information content (AvgIpc) is 3.11. The lowest BCUT2D eigenvalue weighted by Gasteiger charge is -2.11. The molecule has 0 N–H and O–H groups in total. The Morgan fingerprint density at radius 3 is 1.36 bits per heavy atom. The van der Waals surface area contributed by atoms with Gasteiger partial charge in [-0.05, 0) is 74.9 Å². The highest BCUT2D eigenvalue weighted by Crippen LogP contribution is 2.40. The van der Waals surface area contributed by atoms with Crippen LogP contribution in [0.3, 0.4) is 0 Å². The first-order chi connectivity index (χ1) is 17.6. The molecule has 2 heteroatoms. The van der Waals surface area contributed by atoms with E-state index in [4.69, 9.17) is 0 Å². The lowest BCUT2D eigenvalue weighted by atomic mass is 9.99. The molecule has 36 heavy (non-hydrogen) atoms. The van der Waals surface area contributed by atoms with Crippen LogP contribution in [0.15, 0.2) is 59.7 Å². The first kappa shape index (κ1) is 28.1. The second-order valence-electron chi connectivity index (χ2n) is 10.7. The zero-order valence-electron chi connectivity index (χ0n) is 23.4. The zero-order valence-corrected chi connectivity index (χ0v) is 23.4. The lowest BCUT2D eigenvalue weighted by Crippen LogP contribution is -2.03. The maximum atomic E-state index is 11.4. The number of unbranched alkanes of at least 4 members (excludes halogenated alkanes) is 10. The first-order valence-corrected chi connectivity index (χ1v) is 14.7. The number of benzene rings is 2. The molecular formula is C34H48N2. The molecule has 194 valence electrons. The van der Waals surface area contributed by atoms with Crippen LogP contribution in [-0.2, 0) is 12.8 Å². The largest absolute Gasteiger partial charge is 0.493 e. The van der Waals surface area contributed by atoms with Gasteiger partial charge in [0.05, 0.1) is 0 Å². The van der Waals surface area contributed by atoms with E-state index in [2.05, 4.69) is 76.2 Å². The van der Waals surface area contributed by atoms with Crippen molar-refractivity contribution in [2.45, 2.75) is 118 Å². The van der Waals surface area contributed by atoms with E-state index in [0.717, 1.165) is 46.5 Å². The van der Waals surface area contributed by atoms with E-state index < -0.39 is 0 Å². The van der Waals surface area contributed by atoms with Crippen LogP contribution >= 0.6 is 0 Å². The van der Waals surface area contributed by atoms with Gasteiger partial charge in [-0.25, -0.2) is 4.70 Å². The highest BCUT2D eigenvalue weighted by Gasteiger charge is 2.31. The minimum atomic E-state index is 0.925. The molecule has 1 heterocycles. The summed E-state index contributed by atoms with van der Waals surface area (Å²) in [6, 6.07) is 17.6. The highest BCUT2D eigenvalue weighted by molar-refractivity contribution is 5.81. The Hall–Kier alpha value is -2.48. The molecule has 1 aliphatic rings.